The molecule has 0 bridgehead atoms. The number of benzene rings is 2. The lowest BCUT2D eigenvalue weighted by molar-refractivity contribution is -0.276. The van der Waals surface area contributed by atoms with E-state index in [-0.39, 0.29) is 0 Å². The fourth-order valence-corrected chi connectivity index (χ4v) is 3.29. The van der Waals surface area contributed by atoms with Crippen molar-refractivity contribution < 1.29 is 19.4 Å². The molecule has 6 heteroatoms. The van der Waals surface area contributed by atoms with Crippen molar-refractivity contribution in [3.63, 3.8) is 0 Å². The van der Waals surface area contributed by atoms with Crippen molar-refractivity contribution in [2.45, 2.75) is 59.5 Å². The SMILES string of the molecule is Cc1cccc(Oc2ccc(NC(=O)C(C)(C)N(C(=O)[O-])C(C)(C)C)cc2)c1C. The zero-order valence-corrected chi connectivity index (χ0v) is 18.1. The molecule has 0 saturated carbocycles. The van der Waals surface area contributed by atoms with E-state index >= 15 is 0 Å². The molecular weight excluding hydrogens is 368 g/mol. The van der Waals surface area contributed by atoms with Crippen LogP contribution in [-0.2, 0) is 4.79 Å². The quantitative estimate of drug-likeness (QED) is 0.817. The number of anilines is 1. The molecular formula is C23H29N2O4-. The predicted octanol–water partition coefficient (Wildman–Crippen LogP) is 4.26. The smallest absolute Gasteiger partial charge is 0.249 e. The summed E-state index contributed by atoms with van der Waals surface area (Å²) in [6.07, 6.45) is -1.39. The fraction of sp³-hybridized carbons (Fsp3) is 0.391. The molecule has 156 valence electrons. The minimum absolute atomic E-state index is 0.445. The van der Waals surface area contributed by atoms with Crippen molar-refractivity contribution >= 4 is 17.7 Å². The molecule has 2 aromatic carbocycles. The third kappa shape index (κ3) is 5.08. The molecule has 0 radical (unpaired) electrons. The first-order chi connectivity index (χ1) is 13.3. The minimum atomic E-state index is -1.39. The topological polar surface area (TPSA) is 81.7 Å². The van der Waals surface area contributed by atoms with Gasteiger partial charge in [0.05, 0.1) is 0 Å². The Balaban J connectivity index is 2.15. The molecule has 0 aliphatic carbocycles. The third-order valence-corrected chi connectivity index (χ3v) is 4.86. The number of hydrogen-bond acceptors (Lipinski definition) is 4. The number of hydrogen-bond donors (Lipinski definition) is 1. The highest BCUT2D eigenvalue weighted by molar-refractivity contribution is 5.99. The molecule has 2 aromatic rings. The zero-order chi connectivity index (χ0) is 22.0. The van der Waals surface area contributed by atoms with Crippen LogP contribution in [0.3, 0.4) is 0 Å². The van der Waals surface area contributed by atoms with E-state index in [9.17, 15) is 14.7 Å². The van der Waals surface area contributed by atoms with Crippen LogP contribution >= 0.6 is 0 Å². The van der Waals surface area contributed by atoms with Gasteiger partial charge in [-0.25, -0.2) is 0 Å². The number of nitrogens with one attached hydrogen (secondary N) is 1. The van der Waals surface area contributed by atoms with Gasteiger partial charge in [0.1, 0.15) is 23.1 Å². The van der Waals surface area contributed by atoms with Crippen LogP contribution in [0.15, 0.2) is 42.5 Å². The molecule has 6 nitrogen and oxygen atoms in total. The molecule has 0 spiro atoms. The molecule has 0 unspecified atom stereocenters. The number of carboxylic acid groups (broad SMARTS) is 1. The molecule has 0 fully saturated rings. The summed E-state index contributed by atoms with van der Waals surface area (Å²) >= 11 is 0. The molecule has 0 heterocycles. The van der Waals surface area contributed by atoms with Gasteiger partial charge >= 0.3 is 0 Å². The summed E-state index contributed by atoms with van der Waals surface area (Å²) in [4.78, 5) is 25.5. The Morgan fingerprint density at radius 2 is 1.55 bits per heavy atom. The number of ether oxygens (including phenoxy) is 1. The fourth-order valence-electron chi connectivity index (χ4n) is 3.29. The Labute approximate surface area is 172 Å². The Kier molecular flexibility index (Phi) is 6.26. The standard InChI is InChI=1S/C23H30N2O4/c1-15-9-8-10-19(16(15)2)29-18-13-11-17(12-14-18)24-20(26)23(6,7)25(21(27)28)22(3,4)5/h8-14H,1-7H3,(H,24,26)(H,27,28)/p-1. The highest BCUT2D eigenvalue weighted by Gasteiger charge is 2.40. The molecule has 0 atom stereocenters. The first-order valence-corrected chi connectivity index (χ1v) is 9.51. The molecule has 0 aliphatic heterocycles. The highest BCUT2D eigenvalue weighted by atomic mass is 16.5. The van der Waals surface area contributed by atoms with Gasteiger partial charge in [-0.2, -0.15) is 0 Å². The van der Waals surface area contributed by atoms with Gasteiger partial charge in [0.2, 0.25) is 5.91 Å². The van der Waals surface area contributed by atoms with Crippen molar-refractivity contribution in [3.8, 4) is 11.5 Å². The minimum Gasteiger partial charge on any atom is -0.530 e. The van der Waals surface area contributed by atoms with Gasteiger partial charge in [-0.05, 0) is 89.9 Å². The lowest BCUT2D eigenvalue weighted by Gasteiger charge is -2.47. The molecule has 29 heavy (non-hydrogen) atoms. The van der Waals surface area contributed by atoms with Crippen LogP contribution < -0.4 is 15.2 Å². The van der Waals surface area contributed by atoms with Crippen LogP contribution in [0.2, 0.25) is 0 Å². The number of nitrogens with zero attached hydrogens (tertiary/aromatic N) is 1. The van der Waals surface area contributed by atoms with Crippen molar-refractivity contribution in [2.75, 3.05) is 5.32 Å². The average molecular weight is 397 g/mol. The van der Waals surface area contributed by atoms with Gasteiger partial charge in [-0.15, -0.1) is 0 Å². The van der Waals surface area contributed by atoms with Crippen LogP contribution in [0.4, 0.5) is 10.5 Å². The maximum Gasteiger partial charge on any atom is 0.249 e. The maximum atomic E-state index is 12.8. The predicted molar refractivity (Wildman–Crippen MR) is 112 cm³/mol. The first kappa shape index (κ1) is 22.3. The molecule has 1 N–H and O–H groups in total. The van der Waals surface area contributed by atoms with E-state index in [1.54, 1.807) is 58.9 Å². The van der Waals surface area contributed by atoms with Gasteiger partial charge in [0.25, 0.3) is 0 Å². The van der Waals surface area contributed by atoms with Gasteiger partial charge in [0.15, 0.2) is 0 Å². The summed E-state index contributed by atoms with van der Waals surface area (Å²) in [7, 11) is 0. The van der Waals surface area contributed by atoms with Crippen LogP contribution in [0.25, 0.3) is 0 Å². The Hall–Kier alpha value is -3.02. The van der Waals surface area contributed by atoms with Gasteiger partial charge in [-0.3, -0.25) is 4.79 Å². The molecule has 0 aromatic heterocycles. The van der Waals surface area contributed by atoms with Crippen LogP contribution in [-0.4, -0.2) is 28.0 Å². The number of carbonyl (C=O) groups is 2. The Morgan fingerprint density at radius 1 is 0.966 bits per heavy atom. The summed E-state index contributed by atoms with van der Waals surface area (Å²) in [6, 6.07) is 12.8. The second-order valence-electron chi connectivity index (χ2n) is 8.61. The summed E-state index contributed by atoms with van der Waals surface area (Å²) in [6.45, 7) is 12.3. The van der Waals surface area contributed by atoms with Crippen molar-refractivity contribution in [2.24, 2.45) is 0 Å². The molecule has 0 saturated heterocycles. The van der Waals surface area contributed by atoms with E-state index in [0.717, 1.165) is 21.8 Å². The lowest BCUT2D eigenvalue weighted by Crippen LogP contribution is -2.65. The largest absolute Gasteiger partial charge is 0.530 e. The molecule has 0 aliphatic rings. The van der Waals surface area contributed by atoms with Gasteiger partial charge in [-0.1, -0.05) is 12.1 Å². The summed E-state index contributed by atoms with van der Waals surface area (Å²) in [5, 5.41) is 14.4. The van der Waals surface area contributed by atoms with E-state index in [4.69, 9.17) is 4.74 Å². The highest BCUT2D eigenvalue weighted by Crippen LogP contribution is 2.29. The van der Waals surface area contributed by atoms with Crippen molar-refractivity contribution in [1.29, 1.82) is 0 Å². The molecule has 2 amide bonds. The zero-order valence-electron chi connectivity index (χ0n) is 18.1. The van der Waals surface area contributed by atoms with Crippen LogP contribution in [0, 0.1) is 13.8 Å². The normalized spacial score (nSPS) is 11.7. The summed E-state index contributed by atoms with van der Waals surface area (Å²) < 4.78 is 5.92. The van der Waals surface area contributed by atoms with E-state index in [2.05, 4.69) is 5.32 Å². The van der Waals surface area contributed by atoms with E-state index in [0.29, 0.717) is 11.4 Å². The van der Waals surface area contributed by atoms with Gasteiger partial charge in [0, 0.05) is 11.2 Å². The Bertz CT molecular complexity index is 896. The first-order valence-electron chi connectivity index (χ1n) is 9.51. The second-order valence-corrected chi connectivity index (χ2v) is 8.61. The Morgan fingerprint density at radius 3 is 2.07 bits per heavy atom. The second kappa shape index (κ2) is 8.15. The van der Waals surface area contributed by atoms with E-state index < -0.39 is 23.1 Å². The maximum absolute atomic E-state index is 12.8. The third-order valence-electron chi connectivity index (χ3n) is 4.86. The summed E-state index contributed by atoms with van der Waals surface area (Å²) in [5.41, 5.74) is 0.651. The number of aryl methyl sites for hydroxylation is 1. The monoisotopic (exact) mass is 397 g/mol. The number of amides is 2. The number of rotatable bonds is 5. The van der Waals surface area contributed by atoms with Crippen molar-refractivity contribution in [3.05, 3.63) is 53.6 Å². The van der Waals surface area contributed by atoms with Gasteiger partial charge < -0.3 is 24.9 Å². The van der Waals surface area contributed by atoms with Crippen LogP contribution in [0.1, 0.15) is 45.7 Å². The average Bonchev–Trinajstić information content (AvgIpc) is 2.58. The number of carbonyl (C=O) groups excluding carboxylic acids is 2. The lowest BCUT2D eigenvalue weighted by atomic mass is 9.94. The van der Waals surface area contributed by atoms with E-state index in [1.807, 2.05) is 32.0 Å². The summed E-state index contributed by atoms with van der Waals surface area (Å²) in [5.74, 6) is 0.972. The van der Waals surface area contributed by atoms with E-state index in [1.165, 1.54) is 0 Å². The van der Waals surface area contributed by atoms with Crippen LogP contribution in [0.5, 0.6) is 11.5 Å². The van der Waals surface area contributed by atoms with Crippen molar-refractivity contribution in [1.82, 2.24) is 4.90 Å². The molecule has 2 rings (SSSR count).